The molecule has 0 aliphatic rings. The van der Waals surface area contributed by atoms with Crippen LogP contribution in [0.15, 0.2) is 12.1 Å². The minimum atomic E-state index is -0.569. The molecule has 4 heteroatoms. The van der Waals surface area contributed by atoms with E-state index < -0.39 is 5.82 Å². The number of aryl methyl sites for hydroxylation is 1. The van der Waals surface area contributed by atoms with Crippen molar-refractivity contribution in [3.63, 3.8) is 0 Å². The first-order valence-corrected chi connectivity index (χ1v) is 5.11. The molecule has 0 unspecified atom stereocenters. The summed E-state index contributed by atoms with van der Waals surface area (Å²) in [5.74, 6) is -0.911. The molecule has 0 aliphatic carbocycles. The summed E-state index contributed by atoms with van der Waals surface area (Å²) in [6, 6.07) is 2.79. The van der Waals surface area contributed by atoms with E-state index >= 15 is 0 Å². The van der Waals surface area contributed by atoms with Crippen LogP contribution in [0.3, 0.4) is 0 Å². The minimum Gasteiger partial charge on any atom is -0.293 e. The fourth-order valence-corrected chi connectivity index (χ4v) is 1.52. The first-order valence-electron chi connectivity index (χ1n) is 3.61. The van der Waals surface area contributed by atoms with Gasteiger partial charge in [-0.25, -0.2) is 4.39 Å². The summed E-state index contributed by atoms with van der Waals surface area (Å²) in [5, 5.41) is 0.275. The van der Waals surface area contributed by atoms with Crippen LogP contribution in [0.25, 0.3) is 0 Å². The number of alkyl halides is 1. The third-order valence-electron chi connectivity index (χ3n) is 1.68. The summed E-state index contributed by atoms with van der Waals surface area (Å²) in [6.45, 7) is 1.73. The van der Waals surface area contributed by atoms with Crippen LogP contribution in [0.5, 0.6) is 0 Å². The summed E-state index contributed by atoms with van der Waals surface area (Å²) in [6.07, 6.45) is 0. The van der Waals surface area contributed by atoms with Crippen molar-refractivity contribution in [2.45, 2.75) is 6.92 Å². The summed E-state index contributed by atoms with van der Waals surface area (Å²) < 4.78 is 13.1. The van der Waals surface area contributed by atoms with Gasteiger partial charge in [-0.1, -0.05) is 33.6 Å². The van der Waals surface area contributed by atoms with Crippen molar-refractivity contribution in [3.8, 4) is 0 Å². The van der Waals surface area contributed by atoms with Gasteiger partial charge in [-0.15, -0.1) is 0 Å². The molecule has 0 heterocycles. The molecule has 13 heavy (non-hydrogen) atoms. The molecule has 0 radical (unpaired) electrons. The number of Topliss-reactive ketones (excluding diaryl/α,β-unsaturated/α-hetero) is 1. The Balaban J connectivity index is 3.33. The molecule has 70 valence electrons. The van der Waals surface area contributed by atoms with Gasteiger partial charge in [0.2, 0.25) is 0 Å². The SMILES string of the molecule is Cc1ccc(F)c(C(=O)CBr)c1Cl. The van der Waals surface area contributed by atoms with E-state index in [1.54, 1.807) is 13.0 Å². The van der Waals surface area contributed by atoms with Crippen LogP contribution < -0.4 is 0 Å². The lowest BCUT2D eigenvalue weighted by Gasteiger charge is -2.05. The molecule has 0 aliphatic heterocycles. The van der Waals surface area contributed by atoms with Gasteiger partial charge in [-0.3, -0.25) is 4.79 Å². The number of benzene rings is 1. The van der Waals surface area contributed by atoms with Gasteiger partial charge >= 0.3 is 0 Å². The Morgan fingerprint density at radius 1 is 1.62 bits per heavy atom. The van der Waals surface area contributed by atoms with Crippen LogP contribution in [0.1, 0.15) is 15.9 Å². The average Bonchev–Trinajstić information content (AvgIpc) is 2.12. The van der Waals surface area contributed by atoms with Gasteiger partial charge in [-0.2, -0.15) is 0 Å². The van der Waals surface area contributed by atoms with Gasteiger partial charge in [0.25, 0.3) is 0 Å². The molecular formula is C9H7BrClFO. The van der Waals surface area contributed by atoms with Crippen LogP contribution in [0.4, 0.5) is 4.39 Å². The maximum atomic E-state index is 13.1. The smallest absolute Gasteiger partial charge is 0.177 e. The second-order valence-electron chi connectivity index (χ2n) is 2.61. The van der Waals surface area contributed by atoms with Crippen LogP contribution in [-0.4, -0.2) is 11.1 Å². The largest absolute Gasteiger partial charge is 0.293 e. The molecule has 0 bridgehead atoms. The van der Waals surface area contributed by atoms with Gasteiger partial charge in [0.1, 0.15) is 5.82 Å². The maximum absolute atomic E-state index is 13.1. The molecule has 0 saturated carbocycles. The predicted octanol–water partition coefficient (Wildman–Crippen LogP) is 3.37. The van der Waals surface area contributed by atoms with Gasteiger partial charge in [0.15, 0.2) is 5.78 Å². The van der Waals surface area contributed by atoms with Crippen molar-refractivity contribution < 1.29 is 9.18 Å². The van der Waals surface area contributed by atoms with Gasteiger partial charge in [-0.05, 0) is 18.6 Å². The number of ketones is 1. The van der Waals surface area contributed by atoms with E-state index in [2.05, 4.69) is 15.9 Å². The fraction of sp³-hybridized carbons (Fsp3) is 0.222. The van der Waals surface area contributed by atoms with Gasteiger partial charge in [0, 0.05) is 0 Å². The molecule has 0 aromatic heterocycles. The zero-order valence-electron chi connectivity index (χ0n) is 6.90. The molecule has 1 aromatic rings. The van der Waals surface area contributed by atoms with E-state index in [-0.39, 0.29) is 21.7 Å². The van der Waals surface area contributed by atoms with E-state index in [1.807, 2.05) is 0 Å². The van der Waals surface area contributed by atoms with Crippen molar-refractivity contribution in [2.24, 2.45) is 0 Å². The number of halogens is 3. The number of rotatable bonds is 2. The van der Waals surface area contributed by atoms with Crippen molar-refractivity contribution in [2.75, 3.05) is 5.33 Å². The lowest BCUT2D eigenvalue weighted by atomic mass is 10.1. The van der Waals surface area contributed by atoms with Crippen LogP contribution in [-0.2, 0) is 0 Å². The number of hydrogen-bond donors (Lipinski definition) is 0. The van der Waals surface area contributed by atoms with Crippen LogP contribution >= 0.6 is 27.5 Å². The second-order valence-corrected chi connectivity index (χ2v) is 3.55. The molecule has 0 N–H and O–H groups in total. The highest BCUT2D eigenvalue weighted by Gasteiger charge is 2.15. The van der Waals surface area contributed by atoms with E-state index in [9.17, 15) is 9.18 Å². The third-order valence-corrected chi connectivity index (χ3v) is 2.68. The van der Waals surface area contributed by atoms with Crippen molar-refractivity contribution >= 4 is 33.3 Å². The minimum absolute atomic E-state index is 0.0291. The number of carbonyl (C=O) groups excluding carboxylic acids is 1. The quantitative estimate of drug-likeness (QED) is 0.592. The Kier molecular flexibility index (Phi) is 3.45. The predicted molar refractivity (Wildman–Crippen MR) is 54.3 cm³/mol. The maximum Gasteiger partial charge on any atom is 0.177 e. The Morgan fingerprint density at radius 2 is 2.23 bits per heavy atom. The van der Waals surface area contributed by atoms with Crippen molar-refractivity contribution in [1.82, 2.24) is 0 Å². The molecule has 0 amide bonds. The molecular weight excluding hydrogens is 258 g/mol. The monoisotopic (exact) mass is 264 g/mol. The summed E-state index contributed by atoms with van der Waals surface area (Å²) in [4.78, 5) is 11.2. The summed E-state index contributed by atoms with van der Waals surface area (Å²) in [7, 11) is 0. The van der Waals surface area contributed by atoms with Crippen LogP contribution in [0.2, 0.25) is 5.02 Å². The molecule has 1 rings (SSSR count). The molecule has 0 saturated heterocycles. The third kappa shape index (κ3) is 2.09. The average molecular weight is 266 g/mol. The van der Waals surface area contributed by atoms with Crippen molar-refractivity contribution in [1.29, 1.82) is 0 Å². The van der Waals surface area contributed by atoms with Crippen molar-refractivity contribution in [3.05, 3.63) is 34.1 Å². The first-order chi connectivity index (χ1) is 6.07. The number of carbonyl (C=O) groups is 1. The van der Waals surface area contributed by atoms with E-state index in [4.69, 9.17) is 11.6 Å². The normalized spacial score (nSPS) is 10.2. The molecule has 0 spiro atoms. The lowest BCUT2D eigenvalue weighted by molar-refractivity contribution is 0.102. The van der Waals surface area contributed by atoms with Gasteiger partial charge < -0.3 is 0 Å². The van der Waals surface area contributed by atoms with Gasteiger partial charge in [0.05, 0.1) is 15.9 Å². The lowest BCUT2D eigenvalue weighted by Crippen LogP contribution is -2.05. The van der Waals surface area contributed by atoms with E-state index in [0.717, 1.165) is 0 Å². The Labute approximate surface area is 89.0 Å². The Hall–Kier alpha value is -0.410. The molecule has 0 atom stereocenters. The highest BCUT2D eigenvalue weighted by atomic mass is 79.9. The standard InChI is InChI=1S/C9H7BrClFO/c1-5-2-3-6(12)8(9(5)11)7(13)4-10/h2-3H,4H2,1H3. The highest BCUT2D eigenvalue weighted by Crippen LogP contribution is 2.24. The number of hydrogen-bond acceptors (Lipinski definition) is 1. The van der Waals surface area contributed by atoms with E-state index in [0.29, 0.717) is 5.56 Å². The van der Waals surface area contributed by atoms with Crippen LogP contribution in [0, 0.1) is 12.7 Å². The topological polar surface area (TPSA) is 17.1 Å². The zero-order chi connectivity index (χ0) is 10.0. The van der Waals surface area contributed by atoms with E-state index in [1.165, 1.54) is 6.07 Å². The molecule has 0 fully saturated rings. The second kappa shape index (κ2) is 4.20. The molecule has 1 nitrogen and oxygen atoms in total. The fourth-order valence-electron chi connectivity index (χ4n) is 0.979. The Bertz CT molecular complexity index is 352. The zero-order valence-corrected chi connectivity index (χ0v) is 9.25. The Morgan fingerprint density at radius 3 is 2.77 bits per heavy atom. The molecule has 1 aromatic carbocycles. The summed E-state index contributed by atoms with van der Waals surface area (Å²) in [5.41, 5.74) is 0.672. The highest BCUT2D eigenvalue weighted by molar-refractivity contribution is 9.09. The first kappa shape index (κ1) is 10.7. The summed E-state index contributed by atoms with van der Waals surface area (Å²) >= 11 is 8.76.